The van der Waals surface area contributed by atoms with Crippen LogP contribution in [0.1, 0.15) is 23.1 Å². The van der Waals surface area contributed by atoms with Crippen molar-refractivity contribution in [3.8, 4) is 11.4 Å². The number of nitrogens with zero attached hydrogens (tertiary/aromatic N) is 3. The van der Waals surface area contributed by atoms with E-state index in [0.29, 0.717) is 28.8 Å². The number of carbonyl (C=O) groups excluding carboxylic acids is 2. The highest BCUT2D eigenvalue weighted by Gasteiger charge is 2.17. The Kier molecular flexibility index (Phi) is 8.30. The van der Waals surface area contributed by atoms with E-state index < -0.39 is 0 Å². The van der Waals surface area contributed by atoms with Crippen LogP contribution in [0.25, 0.3) is 5.69 Å². The van der Waals surface area contributed by atoms with E-state index in [1.807, 2.05) is 37.3 Å². The lowest BCUT2D eigenvalue weighted by Crippen LogP contribution is -2.24. The number of rotatable bonds is 10. The number of nitrogens with one attached hydrogen (secondary N) is 2. The van der Waals surface area contributed by atoms with Crippen LogP contribution in [-0.2, 0) is 11.3 Å². The van der Waals surface area contributed by atoms with Gasteiger partial charge in [0.15, 0.2) is 11.0 Å². The summed E-state index contributed by atoms with van der Waals surface area (Å²) in [5, 5.41) is 14.6. The second-order valence-corrected chi connectivity index (χ2v) is 8.50. The van der Waals surface area contributed by atoms with Gasteiger partial charge in [-0.1, -0.05) is 30.0 Å². The topological polar surface area (TPSA) is 98.1 Å². The maximum absolute atomic E-state index is 13.1. The Labute approximate surface area is 211 Å². The quantitative estimate of drug-likeness (QED) is 0.309. The van der Waals surface area contributed by atoms with Crippen LogP contribution in [0.4, 0.5) is 10.1 Å². The number of benzene rings is 3. The molecule has 0 bridgehead atoms. The average Bonchev–Trinajstić information content (AvgIpc) is 3.31. The predicted octanol–water partition coefficient (Wildman–Crippen LogP) is 4.47. The Morgan fingerprint density at radius 1 is 0.972 bits per heavy atom. The molecule has 4 aromatic rings. The first-order valence-electron chi connectivity index (χ1n) is 11.2. The van der Waals surface area contributed by atoms with Crippen molar-refractivity contribution in [1.82, 2.24) is 20.1 Å². The van der Waals surface area contributed by atoms with Gasteiger partial charge >= 0.3 is 0 Å². The van der Waals surface area contributed by atoms with E-state index in [-0.39, 0.29) is 29.9 Å². The molecule has 0 aliphatic rings. The first-order valence-corrected chi connectivity index (χ1v) is 12.2. The van der Waals surface area contributed by atoms with E-state index in [9.17, 15) is 14.0 Å². The fraction of sp³-hybridized carbons (Fsp3) is 0.154. The lowest BCUT2D eigenvalue weighted by molar-refractivity contribution is -0.113. The minimum atomic E-state index is -0.377. The fourth-order valence-corrected chi connectivity index (χ4v) is 4.11. The molecule has 1 heterocycles. The van der Waals surface area contributed by atoms with Gasteiger partial charge in [0.2, 0.25) is 5.91 Å². The molecular weight excluding hydrogens is 481 g/mol. The summed E-state index contributed by atoms with van der Waals surface area (Å²) in [6, 6.07) is 21.8. The second kappa shape index (κ2) is 12.0. The van der Waals surface area contributed by atoms with Gasteiger partial charge in [-0.25, -0.2) is 4.39 Å². The zero-order valence-electron chi connectivity index (χ0n) is 19.5. The Bertz CT molecular complexity index is 1310. The van der Waals surface area contributed by atoms with Crippen molar-refractivity contribution in [3.63, 3.8) is 0 Å². The van der Waals surface area contributed by atoms with Crippen LogP contribution >= 0.6 is 11.8 Å². The molecule has 8 nitrogen and oxygen atoms in total. The first kappa shape index (κ1) is 24.9. The van der Waals surface area contributed by atoms with Gasteiger partial charge in [0.1, 0.15) is 11.6 Å². The molecule has 10 heteroatoms. The molecule has 0 atom stereocenters. The molecule has 0 aliphatic heterocycles. The van der Waals surface area contributed by atoms with Crippen LogP contribution in [0.3, 0.4) is 0 Å². The normalized spacial score (nSPS) is 10.6. The number of thioether (sulfide) groups is 1. The second-order valence-electron chi connectivity index (χ2n) is 7.55. The molecule has 0 aliphatic carbocycles. The SMILES string of the molecule is CCOc1ccc(-n2c(CNC(=O)c3ccccc3)nnc2SCC(=O)Nc2ccc(F)cc2)cc1. The molecule has 0 spiro atoms. The molecule has 0 fully saturated rings. The van der Waals surface area contributed by atoms with Crippen LogP contribution in [0.5, 0.6) is 5.75 Å². The van der Waals surface area contributed by atoms with Crippen molar-refractivity contribution in [2.45, 2.75) is 18.6 Å². The lowest BCUT2D eigenvalue weighted by atomic mass is 10.2. The van der Waals surface area contributed by atoms with Crippen LogP contribution in [0.2, 0.25) is 0 Å². The predicted molar refractivity (Wildman–Crippen MR) is 136 cm³/mol. The average molecular weight is 506 g/mol. The van der Waals surface area contributed by atoms with Crippen LogP contribution < -0.4 is 15.4 Å². The number of anilines is 1. The summed E-state index contributed by atoms with van der Waals surface area (Å²) in [5.74, 6) is 0.406. The van der Waals surface area contributed by atoms with Gasteiger partial charge < -0.3 is 15.4 Å². The standard InChI is InChI=1S/C26H24FN5O3S/c1-2-35-22-14-12-21(13-15-22)32-23(16-28-25(34)18-6-4-3-5-7-18)30-31-26(32)36-17-24(33)29-20-10-8-19(27)9-11-20/h3-15H,2,16-17H2,1H3,(H,28,34)(H,29,33). The summed E-state index contributed by atoms with van der Waals surface area (Å²) in [4.78, 5) is 25.0. The summed E-state index contributed by atoms with van der Waals surface area (Å²) in [6.07, 6.45) is 0. The van der Waals surface area contributed by atoms with Gasteiger partial charge in [-0.15, -0.1) is 10.2 Å². The Hall–Kier alpha value is -4.18. The third kappa shape index (κ3) is 6.48. The lowest BCUT2D eigenvalue weighted by Gasteiger charge is -2.12. The minimum absolute atomic E-state index is 0.0584. The fourth-order valence-electron chi connectivity index (χ4n) is 3.34. The summed E-state index contributed by atoms with van der Waals surface area (Å²) in [7, 11) is 0. The van der Waals surface area contributed by atoms with Crippen LogP contribution in [0, 0.1) is 5.82 Å². The highest BCUT2D eigenvalue weighted by Crippen LogP contribution is 2.24. The molecule has 2 amide bonds. The summed E-state index contributed by atoms with van der Waals surface area (Å²) in [5.41, 5.74) is 1.80. The van der Waals surface area contributed by atoms with E-state index in [1.54, 1.807) is 28.8 Å². The van der Waals surface area contributed by atoms with Gasteiger partial charge in [0, 0.05) is 16.9 Å². The highest BCUT2D eigenvalue weighted by atomic mass is 32.2. The minimum Gasteiger partial charge on any atom is -0.494 e. The van der Waals surface area contributed by atoms with Crippen LogP contribution in [0.15, 0.2) is 84.0 Å². The van der Waals surface area contributed by atoms with E-state index in [1.165, 1.54) is 36.0 Å². The third-order valence-electron chi connectivity index (χ3n) is 5.01. The molecule has 0 radical (unpaired) electrons. The number of hydrogen-bond donors (Lipinski definition) is 2. The Morgan fingerprint density at radius 3 is 2.39 bits per heavy atom. The zero-order valence-corrected chi connectivity index (χ0v) is 20.3. The monoisotopic (exact) mass is 505 g/mol. The smallest absolute Gasteiger partial charge is 0.251 e. The molecule has 0 saturated heterocycles. The molecule has 0 saturated carbocycles. The Morgan fingerprint density at radius 2 is 1.69 bits per heavy atom. The number of aromatic nitrogens is 3. The number of carbonyl (C=O) groups is 2. The van der Waals surface area contributed by atoms with Gasteiger partial charge in [-0.2, -0.15) is 0 Å². The summed E-state index contributed by atoms with van der Waals surface area (Å²) in [6.45, 7) is 2.59. The largest absolute Gasteiger partial charge is 0.494 e. The van der Waals surface area contributed by atoms with E-state index in [0.717, 1.165) is 11.4 Å². The molecule has 36 heavy (non-hydrogen) atoms. The van der Waals surface area contributed by atoms with Crippen molar-refractivity contribution < 1.29 is 18.7 Å². The van der Waals surface area contributed by atoms with E-state index >= 15 is 0 Å². The molecule has 2 N–H and O–H groups in total. The third-order valence-corrected chi connectivity index (χ3v) is 5.94. The van der Waals surface area contributed by atoms with Crippen molar-refractivity contribution in [2.75, 3.05) is 17.7 Å². The maximum atomic E-state index is 13.1. The van der Waals surface area contributed by atoms with Crippen molar-refractivity contribution in [3.05, 3.63) is 96.1 Å². The summed E-state index contributed by atoms with van der Waals surface area (Å²) >= 11 is 1.20. The number of ether oxygens (including phenoxy) is 1. The molecule has 1 aromatic heterocycles. The van der Waals surface area contributed by atoms with Gasteiger partial charge in [0.05, 0.1) is 18.9 Å². The number of amides is 2. The van der Waals surface area contributed by atoms with Crippen molar-refractivity contribution >= 4 is 29.3 Å². The molecule has 4 rings (SSSR count). The first-order chi connectivity index (χ1) is 17.5. The number of hydrogen-bond acceptors (Lipinski definition) is 6. The molecule has 3 aromatic carbocycles. The number of halogens is 1. The van der Waals surface area contributed by atoms with Gasteiger partial charge in [0.25, 0.3) is 5.91 Å². The molecular formula is C26H24FN5O3S. The van der Waals surface area contributed by atoms with Crippen LogP contribution in [-0.4, -0.2) is 38.9 Å². The zero-order chi connectivity index (χ0) is 25.3. The molecule has 184 valence electrons. The summed E-state index contributed by atoms with van der Waals surface area (Å²) < 4.78 is 20.4. The Balaban J connectivity index is 1.51. The van der Waals surface area contributed by atoms with Crippen molar-refractivity contribution in [2.24, 2.45) is 0 Å². The maximum Gasteiger partial charge on any atom is 0.251 e. The van der Waals surface area contributed by atoms with E-state index in [4.69, 9.17) is 4.74 Å². The highest BCUT2D eigenvalue weighted by molar-refractivity contribution is 7.99. The van der Waals surface area contributed by atoms with Gasteiger partial charge in [-0.3, -0.25) is 14.2 Å². The van der Waals surface area contributed by atoms with E-state index in [2.05, 4.69) is 20.8 Å². The van der Waals surface area contributed by atoms with Crippen molar-refractivity contribution in [1.29, 1.82) is 0 Å². The van der Waals surface area contributed by atoms with Gasteiger partial charge in [-0.05, 0) is 67.6 Å². The molecule has 0 unspecified atom stereocenters.